The Bertz CT molecular complexity index is 632. The molecule has 20 heavy (non-hydrogen) atoms. The first-order valence-corrected chi connectivity index (χ1v) is 5.96. The average molecular weight is 277 g/mol. The number of hydrogen-bond acceptors (Lipinski definition) is 3. The standard InChI is InChI=1S/C14H13F2N3O/c1-17-11-4-5-18-13(7-11)14(20)19-8-9-6-10(15)2-3-12(9)16/h2-7H,8H2,1H3,(H,17,18)(H,19,20). The van der Waals surface area contributed by atoms with Crippen LogP contribution in [0.5, 0.6) is 0 Å². The molecule has 0 atom stereocenters. The summed E-state index contributed by atoms with van der Waals surface area (Å²) in [5, 5.41) is 5.38. The lowest BCUT2D eigenvalue weighted by molar-refractivity contribution is 0.0945. The Morgan fingerprint density at radius 3 is 2.80 bits per heavy atom. The van der Waals surface area contributed by atoms with E-state index in [1.54, 1.807) is 19.2 Å². The molecule has 0 saturated heterocycles. The molecule has 0 saturated carbocycles. The zero-order valence-corrected chi connectivity index (χ0v) is 10.8. The third-order valence-corrected chi connectivity index (χ3v) is 2.73. The minimum atomic E-state index is -0.566. The molecule has 0 radical (unpaired) electrons. The molecule has 1 amide bonds. The second kappa shape index (κ2) is 6.10. The van der Waals surface area contributed by atoms with Crippen LogP contribution in [0.2, 0.25) is 0 Å². The van der Waals surface area contributed by atoms with Crippen LogP contribution in [0, 0.1) is 11.6 Å². The van der Waals surface area contributed by atoms with Crippen molar-refractivity contribution >= 4 is 11.6 Å². The van der Waals surface area contributed by atoms with Crippen molar-refractivity contribution in [2.45, 2.75) is 6.54 Å². The number of benzene rings is 1. The first-order valence-electron chi connectivity index (χ1n) is 5.96. The molecule has 0 aliphatic heterocycles. The van der Waals surface area contributed by atoms with Gasteiger partial charge in [0.1, 0.15) is 17.3 Å². The van der Waals surface area contributed by atoms with Crippen LogP contribution in [-0.2, 0) is 6.54 Å². The first-order chi connectivity index (χ1) is 9.60. The Kier molecular flexibility index (Phi) is 4.24. The second-order valence-corrected chi connectivity index (χ2v) is 4.10. The lowest BCUT2D eigenvalue weighted by Gasteiger charge is -2.07. The normalized spacial score (nSPS) is 10.2. The summed E-state index contributed by atoms with van der Waals surface area (Å²) in [5.41, 5.74) is 1.03. The highest BCUT2D eigenvalue weighted by Gasteiger charge is 2.09. The Morgan fingerprint density at radius 1 is 1.25 bits per heavy atom. The van der Waals surface area contributed by atoms with Gasteiger partial charge in [-0.3, -0.25) is 9.78 Å². The SMILES string of the molecule is CNc1ccnc(C(=O)NCc2cc(F)ccc2F)c1. The van der Waals surface area contributed by atoms with Crippen LogP contribution in [-0.4, -0.2) is 17.9 Å². The Hall–Kier alpha value is -2.50. The number of halogens is 2. The summed E-state index contributed by atoms with van der Waals surface area (Å²) in [4.78, 5) is 15.8. The van der Waals surface area contributed by atoms with Crippen molar-refractivity contribution in [3.05, 3.63) is 59.4 Å². The van der Waals surface area contributed by atoms with Crippen molar-refractivity contribution in [2.24, 2.45) is 0 Å². The fraction of sp³-hybridized carbons (Fsp3) is 0.143. The average Bonchev–Trinajstić information content (AvgIpc) is 2.48. The second-order valence-electron chi connectivity index (χ2n) is 4.10. The summed E-state index contributed by atoms with van der Waals surface area (Å²) in [6, 6.07) is 6.38. The summed E-state index contributed by atoms with van der Waals surface area (Å²) in [5.74, 6) is -1.57. The maximum Gasteiger partial charge on any atom is 0.270 e. The monoisotopic (exact) mass is 277 g/mol. The maximum atomic E-state index is 13.4. The van der Waals surface area contributed by atoms with E-state index in [1.165, 1.54) is 6.20 Å². The molecule has 0 aliphatic carbocycles. The highest BCUT2D eigenvalue weighted by atomic mass is 19.1. The quantitative estimate of drug-likeness (QED) is 0.902. The van der Waals surface area contributed by atoms with Gasteiger partial charge in [0, 0.05) is 31.0 Å². The fourth-order valence-corrected chi connectivity index (χ4v) is 1.66. The van der Waals surface area contributed by atoms with Crippen LogP contribution >= 0.6 is 0 Å². The molecule has 0 spiro atoms. The molecule has 2 aromatic rings. The van der Waals surface area contributed by atoms with E-state index in [4.69, 9.17) is 0 Å². The predicted molar refractivity (Wildman–Crippen MR) is 71.3 cm³/mol. The number of anilines is 1. The summed E-state index contributed by atoms with van der Waals surface area (Å²) < 4.78 is 26.4. The van der Waals surface area contributed by atoms with Crippen molar-refractivity contribution in [3.8, 4) is 0 Å². The number of carbonyl (C=O) groups excluding carboxylic acids is 1. The first kappa shape index (κ1) is 13.9. The number of carbonyl (C=O) groups is 1. The Balaban J connectivity index is 2.06. The van der Waals surface area contributed by atoms with Crippen molar-refractivity contribution in [1.29, 1.82) is 0 Å². The maximum absolute atomic E-state index is 13.4. The molecule has 104 valence electrons. The van der Waals surface area contributed by atoms with E-state index in [-0.39, 0.29) is 17.8 Å². The Labute approximate surface area is 114 Å². The van der Waals surface area contributed by atoms with Gasteiger partial charge in [-0.15, -0.1) is 0 Å². The minimum absolute atomic E-state index is 0.0862. The molecule has 2 rings (SSSR count). The number of aromatic nitrogens is 1. The molecule has 1 heterocycles. The summed E-state index contributed by atoms with van der Waals surface area (Å²) in [7, 11) is 1.72. The highest BCUT2D eigenvalue weighted by Crippen LogP contribution is 2.10. The van der Waals surface area contributed by atoms with E-state index in [2.05, 4.69) is 15.6 Å². The van der Waals surface area contributed by atoms with E-state index in [0.29, 0.717) is 0 Å². The lowest BCUT2D eigenvalue weighted by atomic mass is 10.2. The number of amides is 1. The molecular weight excluding hydrogens is 264 g/mol. The summed E-state index contributed by atoms with van der Waals surface area (Å²) >= 11 is 0. The van der Waals surface area contributed by atoms with E-state index in [0.717, 1.165) is 23.9 Å². The lowest BCUT2D eigenvalue weighted by Crippen LogP contribution is -2.24. The molecule has 0 bridgehead atoms. The number of pyridine rings is 1. The minimum Gasteiger partial charge on any atom is -0.388 e. The fourth-order valence-electron chi connectivity index (χ4n) is 1.66. The molecule has 0 unspecified atom stereocenters. The number of rotatable bonds is 4. The van der Waals surface area contributed by atoms with Crippen molar-refractivity contribution in [2.75, 3.05) is 12.4 Å². The molecule has 1 aromatic heterocycles. The number of nitrogens with one attached hydrogen (secondary N) is 2. The largest absolute Gasteiger partial charge is 0.388 e. The van der Waals surface area contributed by atoms with Crippen LogP contribution < -0.4 is 10.6 Å². The van der Waals surface area contributed by atoms with Crippen LogP contribution in [0.3, 0.4) is 0 Å². The smallest absolute Gasteiger partial charge is 0.270 e. The van der Waals surface area contributed by atoms with Gasteiger partial charge in [0.25, 0.3) is 5.91 Å². The number of hydrogen-bond donors (Lipinski definition) is 2. The molecular formula is C14H13F2N3O. The summed E-state index contributed by atoms with van der Waals surface area (Å²) in [6.07, 6.45) is 1.49. The van der Waals surface area contributed by atoms with Gasteiger partial charge in [0.05, 0.1) is 0 Å². The van der Waals surface area contributed by atoms with E-state index in [9.17, 15) is 13.6 Å². The van der Waals surface area contributed by atoms with Gasteiger partial charge in [-0.1, -0.05) is 0 Å². The van der Waals surface area contributed by atoms with Gasteiger partial charge >= 0.3 is 0 Å². The van der Waals surface area contributed by atoms with Gasteiger partial charge in [0.15, 0.2) is 0 Å². The third kappa shape index (κ3) is 3.28. The zero-order chi connectivity index (χ0) is 14.5. The molecule has 1 aromatic carbocycles. The van der Waals surface area contributed by atoms with E-state index >= 15 is 0 Å². The van der Waals surface area contributed by atoms with E-state index < -0.39 is 17.5 Å². The molecule has 2 N–H and O–H groups in total. The topological polar surface area (TPSA) is 54.0 Å². The van der Waals surface area contributed by atoms with Gasteiger partial charge in [0.2, 0.25) is 0 Å². The molecule has 0 aliphatic rings. The van der Waals surface area contributed by atoms with Gasteiger partial charge in [-0.05, 0) is 30.3 Å². The predicted octanol–water partition coefficient (Wildman–Crippen LogP) is 2.33. The van der Waals surface area contributed by atoms with Crippen LogP contribution in [0.15, 0.2) is 36.5 Å². The van der Waals surface area contributed by atoms with Crippen molar-refractivity contribution in [1.82, 2.24) is 10.3 Å². The number of nitrogens with zero attached hydrogens (tertiary/aromatic N) is 1. The van der Waals surface area contributed by atoms with Crippen LogP contribution in [0.4, 0.5) is 14.5 Å². The summed E-state index contributed by atoms with van der Waals surface area (Å²) in [6.45, 7) is -0.103. The van der Waals surface area contributed by atoms with Crippen LogP contribution in [0.25, 0.3) is 0 Å². The molecule has 0 fully saturated rings. The highest BCUT2D eigenvalue weighted by molar-refractivity contribution is 5.93. The molecule has 6 heteroatoms. The van der Waals surface area contributed by atoms with Gasteiger partial charge in [-0.25, -0.2) is 8.78 Å². The zero-order valence-electron chi connectivity index (χ0n) is 10.8. The third-order valence-electron chi connectivity index (χ3n) is 2.73. The van der Waals surface area contributed by atoms with Crippen molar-refractivity contribution < 1.29 is 13.6 Å². The van der Waals surface area contributed by atoms with Crippen LogP contribution in [0.1, 0.15) is 16.1 Å². The Morgan fingerprint density at radius 2 is 2.05 bits per heavy atom. The van der Waals surface area contributed by atoms with Gasteiger partial charge < -0.3 is 10.6 Å². The van der Waals surface area contributed by atoms with Gasteiger partial charge in [-0.2, -0.15) is 0 Å². The molecule has 4 nitrogen and oxygen atoms in total. The van der Waals surface area contributed by atoms with Crippen molar-refractivity contribution in [3.63, 3.8) is 0 Å². The van der Waals surface area contributed by atoms with E-state index in [1.807, 2.05) is 0 Å².